The van der Waals surface area contributed by atoms with Gasteiger partial charge in [0.15, 0.2) is 11.6 Å². The molecule has 3 rings (SSSR count). The summed E-state index contributed by atoms with van der Waals surface area (Å²) in [6.45, 7) is 3.04. The Labute approximate surface area is 140 Å². The molecule has 24 heavy (non-hydrogen) atoms. The molecule has 1 aliphatic heterocycles. The first-order valence-electron chi connectivity index (χ1n) is 8.14. The summed E-state index contributed by atoms with van der Waals surface area (Å²) in [4.78, 5) is 2.30. The fraction of sp³-hybridized carbons (Fsp3) is 0.444. The van der Waals surface area contributed by atoms with Crippen molar-refractivity contribution in [3.8, 4) is 0 Å². The molecule has 0 aliphatic carbocycles. The Kier molecular flexibility index (Phi) is 5.48. The molecule has 130 valence electrons. The summed E-state index contributed by atoms with van der Waals surface area (Å²) in [6, 6.07) is 8.04. The lowest BCUT2D eigenvalue weighted by atomic mass is 10.1. The average molecular weight is 336 g/mol. The summed E-state index contributed by atoms with van der Waals surface area (Å²) in [6.07, 6.45) is 2.05. The van der Waals surface area contributed by atoms with Crippen LogP contribution in [0.25, 0.3) is 0 Å². The minimum atomic E-state index is -0.825. The monoisotopic (exact) mass is 336 g/mol. The highest BCUT2D eigenvalue weighted by Gasteiger charge is 2.21. The van der Waals surface area contributed by atoms with Gasteiger partial charge in [-0.2, -0.15) is 0 Å². The molecule has 4 nitrogen and oxygen atoms in total. The van der Waals surface area contributed by atoms with Crippen molar-refractivity contribution in [2.45, 2.75) is 32.0 Å². The smallest absolute Gasteiger partial charge is 0.160 e. The second-order valence-electron chi connectivity index (χ2n) is 6.15. The number of furan rings is 1. The number of hydrogen-bond donors (Lipinski definition) is 1. The largest absolute Gasteiger partial charge is 0.462 e. The van der Waals surface area contributed by atoms with E-state index in [0.29, 0.717) is 12.3 Å². The minimum Gasteiger partial charge on any atom is -0.462 e. The Hall–Kier alpha value is -1.92. The van der Waals surface area contributed by atoms with Crippen molar-refractivity contribution < 1.29 is 17.9 Å². The maximum absolute atomic E-state index is 13.3. The van der Waals surface area contributed by atoms with E-state index in [1.165, 1.54) is 6.07 Å². The Morgan fingerprint density at radius 3 is 2.83 bits per heavy atom. The van der Waals surface area contributed by atoms with Gasteiger partial charge in [-0.3, -0.25) is 4.90 Å². The number of hydrogen-bond acceptors (Lipinski definition) is 4. The highest BCUT2D eigenvalue weighted by atomic mass is 19.2. The molecule has 2 heterocycles. The van der Waals surface area contributed by atoms with Crippen LogP contribution in [0.15, 0.2) is 34.7 Å². The molecule has 0 amide bonds. The standard InChI is InChI=1S/C18H22F2N2O2/c1-23-12-16-6-5-15(24-16)11-22-8-2-3-14(10-22)21-13-4-7-17(19)18(20)9-13/h4-7,9,14,21H,2-3,8,10-12H2,1H3/t14-/m1/s1. The van der Waals surface area contributed by atoms with Crippen molar-refractivity contribution in [3.63, 3.8) is 0 Å². The molecule has 1 aromatic heterocycles. The maximum atomic E-state index is 13.3. The zero-order chi connectivity index (χ0) is 16.9. The quantitative estimate of drug-likeness (QED) is 0.871. The molecule has 1 saturated heterocycles. The van der Waals surface area contributed by atoms with Gasteiger partial charge in [-0.15, -0.1) is 0 Å². The van der Waals surface area contributed by atoms with Gasteiger partial charge in [0, 0.05) is 31.5 Å². The molecule has 0 saturated carbocycles. The SMILES string of the molecule is COCc1ccc(CN2CCC[C@@H](Nc3ccc(F)c(F)c3)C2)o1. The van der Waals surface area contributed by atoms with E-state index >= 15 is 0 Å². The number of anilines is 1. The van der Waals surface area contributed by atoms with Crippen LogP contribution in [0.2, 0.25) is 0 Å². The Morgan fingerprint density at radius 1 is 1.21 bits per heavy atom. The van der Waals surface area contributed by atoms with Crippen molar-refractivity contribution in [2.75, 3.05) is 25.5 Å². The summed E-state index contributed by atoms with van der Waals surface area (Å²) >= 11 is 0. The molecule has 0 radical (unpaired) electrons. The number of benzene rings is 1. The number of likely N-dealkylation sites (tertiary alicyclic amines) is 1. The second kappa shape index (κ2) is 7.77. The van der Waals surface area contributed by atoms with Gasteiger partial charge < -0.3 is 14.5 Å². The number of piperidine rings is 1. The summed E-state index contributed by atoms with van der Waals surface area (Å²) in [5, 5.41) is 3.29. The Bertz CT molecular complexity index is 675. The van der Waals surface area contributed by atoms with Gasteiger partial charge in [-0.25, -0.2) is 8.78 Å². The lowest BCUT2D eigenvalue weighted by Crippen LogP contribution is -2.41. The van der Waals surface area contributed by atoms with E-state index in [2.05, 4.69) is 10.2 Å². The van der Waals surface area contributed by atoms with Gasteiger partial charge in [0.1, 0.15) is 18.1 Å². The van der Waals surface area contributed by atoms with Gasteiger partial charge >= 0.3 is 0 Å². The fourth-order valence-electron chi connectivity index (χ4n) is 3.09. The van der Waals surface area contributed by atoms with Crippen molar-refractivity contribution >= 4 is 5.69 Å². The number of ether oxygens (including phenoxy) is 1. The third kappa shape index (κ3) is 4.33. The zero-order valence-corrected chi connectivity index (χ0v) is 13.7. The van der Waals surface area contributed by atoms with Crippen molar-refractivity contribution in [1.82, 2.24) is 4.90 Å². The fourth-order valence-corrected chi connectivity index (χ4v) is 3.09. The van der Waals surface area contributed by atoms with Crippen LogP contribution < -0.4 is 5.32 Å². The maximum Gasteiger partial charge on any atom is 0.160 e. The molecule has 1 aromatic carbocycles. The van der Waals surface area contributed by atoms with E-state index in [1.807, 2.05) is 12.1 Å². The first-order valence-corrected chi connectivity index (χ1v) is 8.14. The van der Waals surface area contributed by atoms with E-state index < -0.39 is 11.6 Å². The predicted molar refractivity (Wildman–Crippen MR) is 87.7 cm³/mol. The van der Waals surface area contributed by atoms with Gasteiger partial charge in [-0.05, 0) is 43.7 Å². The lowest BCUT2D eigenvalue weighted by molar-refractivity contribution is 0.155. The summed E-state index contributed by atoms with van der Waals surface area (Å²) in [5.74, 6) is 0.0842. The molecule has 2 aromatic rings. The van der Waals surface area contributed by atoms with Crippen molar-refractivity contribution in [3.05, 3.63) is 53.5 Å². The zero-order valence-electron chi connectivity index (χ0n) is 13.7. The molecule has 1 aliphatic rings. The summed E-state index contributed by atoms with van der Waals surface area (Å²) < 4.78 is 37.1. The van der Waals surface area contributed by atoms with E-state index in [4.69, 9.17) is 9.15 Å². The normalized spacial score (nSPS) is 18.7. The van der Waals surface area contributed by atoms with E-state index in [-0.39, 0.29) is 6.04 Å². The Balaban J connectivity index is 1.56. The van der Waals surface area contributed by atoms with Crippen LogP contribution in [0.1, 0.15) is 24.4 Å². The molecule has 1 fully saturated rings. The second-order valence-corrected chi connectivity index (χ2v) is 6.15. The van der Waals surface area contributed by atoms with Gasteiger partial charge in [0.05, 0.1) is 6.54 Å². The van der Waals surface area contributed by atoms with Crippen molar-refractivity contribution in [2.24, 2.45) is 0 Å². The molecular weight excluding hydrogens is 314 g/mol. The number of nitrogens with one attached hydrogen (secondary N) is 1. The van der Waals surface area contributed by atoms with Crippen molar-refractivity contribution in [1.29, 1.82) is 0 Å². The highest BCUT2D eigenvalue weighted by Crippen LogP contribution is 2.20. The average Bonchev–Trinajstić information content (AvgIpc) is 2.99. The van der Waals surface area contributed by atoms with Crippen LogP contribution in [-0.4, -0.2) is 31.1 Å². The molecule has 0 bridgehead atoms. The van der Waals surface area contributed by atoms with Crippen LogP contribution in [0, 0.1) is 11.6 Å². The first kappa shape index (κ1) is 16.9. The van der Waals surface area contributed by atoms with Crippen LogP contribution >= 0.6 is 0 Å². The number of methoxy groups -OCH3 is 1. The van der Waals surface area contributed by atoms with Crippen LogP contribution in [0.5, 0.6) is 0 Å². The molecule has 6 heteroatoms. The van der Waals surface area contributed by atoms with Gasteiger partial charge in [0.25, 0.3) is 0 Å². The third-order valence-corrected chi connectivity index (χ3v) is 4.18. The van der Waals surface area contributed by atoms with Crippen LogP contribution in [-0.2, 0) is 17.9 Å². The Morgan fingerprint density at radius 2 is 2.04 bits per heavy atom. The number of rotatable bonds is 6. The molecule has 1 atom stereocenters. The van der Waals surface area contributed by atoms with Gasteiger partial charge in [-0.1, -0.05) is 0 Å². The molecular formula is C18H22F2N2O2. The highest BCUT2D eigenvalue weighted by molar-refractivity contribution is 5.44. The number of halogens is 2. The minimum absolute atomic E-state index is 0.206. The number of nitrogens with zero attached hydrogens (tertiary/aromatic N) is 1. The first-order chi connectivity index (χ1) is 11.6. The molecule has 1 N–H and O–H groups in total. The topological polar surface area (TPSA) is 37.6 Å². The van der Waals surface area contributed by atoms with Gasteiger partial charge in [0.2, 0.25) is 0 Å². The summed E-state index contributed by atoms with van der Waals surface area (Å²) in [7, 11) is 1.64. The van der Waals surface area contributed by atoms with Crippen LogP contribution in [0.4, 0.5) is 14.5 Å². The molecule has 0 unspecified atom stereocenters. The molecule has 0 spiro atoms. The van der Waals surface area contributed by atoms with Crippen LogP contribution in [0.3, 0.4) is 0 Å². The van der Waals surface area contributed by atoms with E-state index in [9.17, 15) is 8.78 Å². The third-order valence-electron chi connectivity index (χ3n) is 4.18. The lowest BCUT2D eigenvalue weighted by Gasteiger charge is -2.33. The summed E-state index contributed by atoms with van der Waals surface area (Å²) in [5.41, 5.74) is 0.612. The van der Waals surface area contributed by atoms with E-state index in [0.717, 1.165) is 50.1 Å². The van der Waals surface area contributed by atoms with E-state index in [1.54, 1.807) is 13.2 Å². The predicted octanol–water partition coefficient (Wildman–Crippen LogP) is 3.78.